The minimum Gasteiger partial charge on any atom is -0.497 e. The van der Waals surface area contributed by atoms with Crippen LogP contribution in [-0.2, 0) is 0 Å². The molecule has 2 N–H and O–H groups in total. The smallest absolute Gasteiger partial charge is 0.165 e. The third-order valence-electron chi connectivity index (χ3n) is 3.26. The molecule has 2 rings (SSSR count). The highest BCUT2D eigenvalue weighted by Crippen LogP contribution is 2.28. The van der Waals surface area contributed by atoms with Gasteiger partial charge in [0.05, 0.1) is 7.11 Å². The van der Waals surface area contributed by atoms with E-state index in [4.69, 9.17) is 15.2 Å². The highest BCUT2D eigenvalue weighted by molar-refractivity contribution is 5.33. The molecule has 0 bridgehead atoms. The lowest BCUT2D eigenvalue weighted by Crippen LogP contribution is -2.29. The predicted octanol–water partition coefficient (Wildman–Crippen LogP) is 3.61. The van der Waals surface area contributed by atoms with E-state index in [1.165, 1.54) is 6.07 Å². The van der Waals surface area contributed by atoms with Crippen molar-refractivity contribution in [3.8, 4) is 11.5 Å². The van der Waals surface area contributed by atoms with Gasteiger partial charge in [-0.3, -0.25) is 0 Å². The number of hydrogen-bond donors (Lipinski definition) is 1. The summed E-state index contributed by atoms with van der Waals surface area (Å²) in [4.78, 5) is 0. The summed E-state index contributed by atoms with van der Waals surface area (Å²) in [5.74, 6) is 0.580. The fourth-order valence-corrected chi connectivity index (χ4v) is 2.11. The Labute approximate surface area is 124 Å². The lowest BCUT2D eigenvalue weighted by Gasteiger charge is -2.23. The largest absolute Gasteiger partial charge is 0.497 e. The minimum atomic E-state index is -0.424. The first-order chi connectivity index (χ1) is 10.0. The molecule has 0 saturated heterocycles. The van der Waals surface area contributed by atoms with E-state index in [0.717, 1.165) is 16.9 Å². The van der Waals surface area contributed by atoms with Gasteiger partial charge in [0.2, 0.25) is 0 Å². The summed E-state index contributed by atoms with van der Waals surface area (Å²) in [5.41, 5.74) is 7.81. The number of methoxy groups -OCH3 is 1. The van der Waals surface area contributed by atoms with Crippen LogP contribution in [0.3, 0.4) is 0 Å². The average molecular weight is 289 g/mol. The molecule has 0 aliphatic heterocycles. The minimum absolute atomic E-state index is 0.216. The summed E-state index contributed by atoms with van der Waals surface area (Å²) in [7, 11) is 1.61. The van der Waals surface area contributed by atoms with Crippen molar-refractivity contribution in [2.75, 3.05) is 7.11 Å². The molecule has 4 heteroatoms. The van der Waals surface area contributed by atoms with Gasteiger partial charge >= 0.3 is 0 Å². The van der Waals surface area contributed by atoms with Gasteiger partial charge in [0, 0.05) is 6.04 Å². The molecule has 0 heterocycles. The zero-order valence-electron chi connectivity index (χ0n) is 12.5. The second-order valence-electron chi connectivity index (χ2n) is 5.10. The standard InChI is InChI=1S/C17H20FNO2/c1-11-4-9-15(18)16(10-11)21-17(12(2)19)13-5-7-14(20-3)8-6-13/h4-10,12,17H,19H2,1-3H3. The van der Waals surface area contributed by atoms with Crippen molar-refractivity contribution in [2.24, 2.45) is 5.73 Å². The third-order valence-corrected chi connectivity index (χ3v) is 3.26. The molecule has 2 aromatic rings. The van der Waals surface area contributed by atoms with E-state index in [2.05, 4.69) is 0 Å². The molecule has 112 valence electrons. The van der Waals surface area contributed by atoms with Crippen molar-refractivity contribution in [1.29, 1.82) is 0 Å². The number of aryl methyl sites for hydroxylation is 1. The monoisotopic (exact) mass is 289 g/mol. The Morgan fingerprint density at radius 1 is 1.10 bits per heavy atom. The molecule has 0 radical (unpaired) electrons. The summed E-state index contributed by atoms with van der Waals surface area (Å²) >= 11 is 0. The molecular formula is C17H20FNO2. The van der Waals surface area contributed by atoms with Crippen molar-refractivity contribution in [1.82, 2.24) is 0 Å². The maximum atomic E-state index is 13.8. The Morgan fingerprint density at radius 2 is 1.76 bits per heavy atom. The maximum absolute atomic E-state index is 13.8. The Morgan fingerprint density at radius 3 is 2.33 bits per heavy atom. The topological polar surface area (TPSA) is 44.5 Å². The quantitative estimate of drug-likeness (QED) is 0.914. The highest BCUT2D eigenvalue weighted by atomic mass is 19.1. The van der Waals surface area contributed by atoms with Gasteiger partial charge in [0.25, 0.3) is 0 Å². The SMILES string of the molecule is COc1ccc(C(Oc2cc(C)ccc2F)C(C)N)cc1. The van der Waals surface area contributed by atoms with E-state index in [-0.39, 0.29) is 17.6 Å². The summed E-state index contributed by atoms with van der Waals surface area (Å²) in [6.45, 7) is 3.73. The van der Waals surface area contributed by atoms with Gasteiger partial charge in [-0.2, -0.15) is 0 Å². The highest BCUT2D eigenvalue weighted by Gasteiger charge is 2.20. The number of benzene rings is 2. The molecule has 0 saturated carbocycles. The van der Waals surface area contributed by atoms with Gasteiger partial charge in [-0.25, -0.2) is 4.39 Å². The van der Waals surface area contributed by atoms with Crippen LogP contribution in [0.2, 0.25) is 0 Å². The van der Waals surface area contributed by atoms with E-state index >= 15 is 0 Å². The van der Waals surface area contributed by atoms with E-state index in [1.807, 2.05) is 38.1 Å². The van der Waals surface area contributed by atoms with Crippen molar-refractivity contribution < 1.29 is 13.9 Å². The zero-order valence-corrected chi connectivity index (χ0v) is 12.5. The van der Waals surface area contributed by atoms with E-state index < -0.39 is 6.10 Å². The first kappa shape index (κ1) is 15.3. The van der Waals surface area contributed by atoms with Crippen LogP contribution in [0.5, 0.6) is 11.5 Å². The van der Waals surface area contributed by atoms with Gasteiger partial charge < -0.3 is 15.2 Å². The van der Waals surface area contributed by atoms with Gasteiger partial charge in [-0.1, -0.05) is 18.2 Å². The molecule has 2 unspecified atom stereocenters. The van der Waals surface area contributed by atoms with Crippen LogP contribution in [0.1, 0.15) is 24.2 Å². The molecule has 0 amide bonds. The number of hydrogen-bond acceptors (Lipinski definition) is 3. The molecule has 0 fully saturated rings. The molecule has 21 heavy (non-hydrogen) atoms. The fourth-order valence-electron chi connectivity index (χ4n) is 2.11. The first-order valence-electron chi connectivity index (χ1n) is 6.83. The molecule has 0 aliphatic carbocycles. The molecule has 0 aromatic heterocycles. The summed E-state index contributed by atoms with van der Waals surface area (Å²) < 4.78 is 24.8. The van der Waals surface area contributed by atoms with Crippen LogP contribution in [0.4, 0.5) is 4.39 Å². The number of halogens is 1. The average Bonchev–Trinajstić information content (AvgIpc) is 2.48. The maximum Gasteiger partial charge on any atom is 0.165 e. The summed E-state index contributed by atoms with van der Waals surface area (Å²) in [6, 6.07) is 11.9. The van der Waals surface area contributed by atoms with Crippen LogP contribution < -0.4 is 15.2 Å². The van der Waals surface area contributed by atoms with Gasteiger partial charge in [-0.15, -0.1) is 0 Å². The number of ether oxygens (including phenoxy) is 2. The van der Waals surface area contributed by atoms with E-state index in [9.17, 15) is 4.39 Å². The van der Waals surface area contributed by atoms with Gasteiger partial charge in [0.1, 0.15) is 11.9 Å². The van der Waals surface area contributed by atoms with Crippen LogP contribution in [-0.4, -0.2) is 13.2 Å². The van der Waals surface area contributed by atoms with Crippen molar-refractivity contribution in [2.45, 2.75) is 26.0 Å². The molecule has 2 atom stereocenters. The Bertz CT molecular complexity index is 596. The summed E-state index contributed by atoms with van der Waals surface area (Å²) in [5, 5.41) is 0. The molecule has 0 aliphatic rings. The van der Waals surface area contributed by atoms with Gasteiger partial charge in [0.15, 0.2) is 11.6 Å². The van der Waals surface area contributed by atoms with Crippen LogP contribution in [0.15, 0.2) is 42.5 Å². The molecule has 3 nitrogen and oxygen atoms in total. The Kier molecular flexibility index (Phi) is 4.81. The van der Waals surface area contributed by atoms with Crippen LogP contribution in [0, 0.1) is 12.7 Å². The predicted molar refractivity (Wildman–Crippen MR) is 81.1 cm³/mol. The van der Waals surface area contributed by atoms with Crippen molar-refractivity contribution in [3.05, 3.63) is 59.4 Å². The molecular weight excluding hydrogens is 269 g/mol. The van der Waals surface area contributed by atoms with Crippen molar-refractivity contribution in [3.63, 3.8) is 0 Å². The fraction of sp³-hybridized carbons (Fsp3) is 0.294. The Balaban J connectivity index is 2.28. The van der Waals surface area contributed by atoms with Crippen LogP contribution in [0.25, 0.3) is 0 Å². The summed E-state index contributed by atoms with van der Waals surface area (Å²) in [6.07, 6.45) is -0.424. The number of nitrogens with two attached hydrogens (primary N) is 1. The first-order valence-corrected chi connectivity index (χ1v) is 6.83. The number of rotatable bonds is 5. The van der Waals surface area contributed by atoms with Crippen molar-refractivity contribution >= 4 is 0 Å². The molecule has 0 spiro atoms. The lowest BCUT2D eigenvalue weighted by molar-refractivity contribution is 0.172. The normalized spacial score (nSPS) is 13.6. The van der Waals surface area contributed by atoms with Crippen LogP contribution >= 0.6 is 0 Å². The second-order valence-corrected chi connectivity index (χ2v) is 5.10. The van der Waals surface area contributed by atoms with E-state index in [1.54, 1.807) is 19.2 Å². The third kappa shape index (κ3) is 3.73. The van der Waals surface area contributed by atoms with E-state index in [0.29, 0.717) is 0 Å². The zero-order chi connectivity index (χ0) is 15.4. The Hall–Kier alpha value is -2.07. The second kappa shape index (κ2) is 6.59. The van der Waals surface area contributed by atoms with Gasteiger partial charge in [-0.05, 0) is 49.2 Å². The lowest BCUT2D eigenvalue weighted by atomic mass is 10.0. The molecule has 2 aromatic carbocycles.